The fourth-order valence-electron chi connectivity index (χ4n) is 1.74. The number of hydrogen-bond donors (Lipinski definition) is 0. The maximum Gasteiger partial charge on any atom is 0.311 e. The Labute approximate surface area is 115 Å². The van der Waals surface area contributed by atoms with Gasteiger partial charge in [0.15, 0.2) is 0 Å². The third-order valence-corrected chi connectivity index (χ3v) is 2.74. The summed E-state index contributed by atoms with van der Waals surface area (Å²) in [6.07, 6.45) is 0.546. The lowest BCUT2D eigenvalue weighted by atomic mass is 10.1. The van der Waals surface area contributed by atoms with Crippen molar-refractivity contribution in [3.63, 3.8) is 0 Å². The Hall–Kier alpha value is -2.56. The van der Waals surface area contributed by atoms with Crippen LogP contribution in [0.25, 0.3) is 5.53 Å². The van der Waals surface area contributed by atoms with Gasteiger partial charge in [0.05, 0.1) is 6.42 Å². The number of hydrogen-bond acceptors (Lipinski definition) is 3. The lowest BCUT2D eigenvalue weighted by molar-refractivity contribution is -0.134. The summed E-state index contributed by atoms with van der Waals surface area (Å²) in [5.41, 5.74) is 10.0. The van der Waals surface area contributed by atoms with E-state index in [9.17, 15) is 9.18 Å². The second-order valence-corrected chi connectivity index (χ2v) is 4.16. The van der Waals surface area contributed by atoms with Crippen LogP contribution < -0.4 is 4.74 Å². The molecule has 0 saturated heterocycles. The van der Waals surface area contributed by atoms with E-state index in [1.54, 1.807) is 24.3 Å². The summed E-state index contributed by atoms with van der Waals surface area (Å²) in [4.78, 5) is 11.7. The normalized spacial score (nSPS) is 10.1. The van der Waals surface area contributed by atoms with E-state index in [4.69, 9.17) is 10.3 Å². The third kappa shape index (κ3) is 3.71. The Morgan fingerprint density at radius 1 is 1.15 bits per heavy atom. The summed E-state index contributed by atoms with van der Waals surface area (Å²) in [7, 11) is 0. The van der Waals surface area contributed by atoms with Gasteiger partial charge in [-0.15, -0.1) is 0 Å². The average molecular weight is 271 g/mol. The van der Waals surface area contributed by atoms with Gasteiger partial charge in [-0.1, -0.05) is 18.2 Å². The number of carbonyl (C=O) groups excluding carboxylic acids is 1. The molecule has 0 aromatic heterocycles. The highest BCUT2D eigenvalue weighted by Crippen LogP contribution is 2.20. The van der Waals surface area contributed by atoms with Crippen molar-refractivity contribution in [3.8, 4) is 5.75 Å². The van der Waals surface area contributed by atoms with Crippen LogP contribution in [-0.2, 0) is 11.2 Å². The molecule has 2 rings (SSSR count). The molecule has 0 N–H and O–H groups in total. The van der Waals surface area contributed by atoms with Crippen LogP contribution in [0.3, 0.4) is 0 Å². The zero-order valence-corrected chi connectivity index (χ0v) is 10.6. The number of esters is 1. The minimum absolute atomic E-state index is 0.143. The highest BCUT2D eigenvalue weighted by molar-refractivity contribution is 5.73. The van der Waals surface area contributed by atoms with E-state index in [0.29, 0.717) is 17.9 Å². The molecule has 0 unspecified atom stereocenters. The summed E-state index contributed by atoms with van der Waals surface area (Å²) >= 11 is 0. The van der Waals surface area contributed by atoms with E-state index < -0.39 is 5.97 Å². The number of nitrogens with zero attached hydrogens (tertiary/aromatic N) is 2. The van der Waals surface area contributed by atoms with E-state index in [-0.39, 0.29) is 12.2 Å². The van der Waals surface area contributed by atoms with Crippen molar-refractivity contribution in [2.75, 3.05) is 0 Å². The first-order valence-electron chi connectivity index (χ1n) is 6.08. The molecule has 0 fully saturated rings. The third-order valence-electron chi connectivity index (χ3n) is 2.74. The van der Waals surface area contributed by atoms with Gasteiger partial charge in [0.1, 0.15) is 11.6 Å². The van der Waals surface area contributed by atoms with Crippen molar-refractivity contribution in [1.29, 1.82) is 0 Å². The summed E-state index contributed by atoms with van der Waals surface area (Å²) in [6.45, 7) is 0. The van der Waals surface area contributed by atoms with Crippen LogP contribution in [0.15, 0.2) is 53.6 Å². The standard InChI is InChI=1S/C15H12FN2O2/c16-12-6-8-13(9-7-12)20-15(19)10-5-11-3-1-2-4-14(11)18-17/h1-4,6-9H,5,10H2/q-1. The molecule has 2 aromatic carbocycles. The van der Waals surface area contributed by atoms with Crippen LogP contribution in [0.2, 0.25) is 0 Å². The van der Waals surface area contributed by atoms with Crippen LogP contribution in [0.4, 0.5) is 10.1 Å². The minimum atomic E-state index is -0.427. The largest absolute Gasteiger partial charge is 0.706 e. The van der Waals surface area contributed by atoms with Gasteiger partial charge in [0, 0.05) is 5.69 Å². The Morgan fingerprint density at radius 2 is 1.85 bits per heavy atom. The predicted octanol–water partition coefficient (Wildman–Crippen LogP) is 4.02. The molecule has 0 atom stereocenters. The van der Waals surface area contributed by atoms with Gasteiger partial charge < -0.3 is 15.4 Å². The topological polar surface area (TPSA) is 61.0 Å². The Balaban J connectivity index is 1.92. The molecular formula is C15H12FN2O2-. The quantitative estimate of drug-likeness (QED) is 0.468. The zero-order chi connectivity index (χ0) is 14.4. The number of aryl methyl sites for hydroxylation is 1. The molecule has 0 amide bonds. The highest BCUT2D eigenvalue weighted by atomic mass is 19.1. The van der Waals surface area contributed by atoms with Crippen molar-refractivity contribution < 1.29 is 13.9 Å². The highest BCUT2D eigenvalue weighted by Gasteiger charge is 2.07. The predicted molar refractivity (Wildman–Crippen MR) is 72.2 cm³/mol. The maximum atomic E-state index is 12.7. The maximum absolute atomic E-state index is 12.7. The van der Waals surface area contributed by atoms with E-state index in [1.807, 2.05) is 0 Å². The molecule has 102 valence electrons. The molecule has 0 aliphatic heterocycles. The number of rotatable bonds is 5. The van der Waals surface area contributed by atoms with Crippen LogP contribution in [0.5, 0.6) is 5.75 Å². The molecule has 2 aromatic rings. The molecule has 0 spiro atoms. The van der Waals surface area contributed by atoms with Gasteiger partial charge in [-0.2, -0.15) is 0 Å². The van der Waals surface area contributed by atoms with Gasteiger partial charge in [0.2, 0.25) is 0 Å². The number of ether oxygens (including phenoxy) is 1. The monoisotopic (exact) mass is 271 g/mol. The van der Waals surface area contributed by atoms with E-state index in [1.165, 1.54) is 24.3 Å². The first-order valence-corrected chi connectivity index (χ1v) is 6.08. The summed E-state index contributed by atoms with van der Waals surface area (Å²) < 4.78 is 17.8. The summed E-state index contributed by atoms with van der Waals surface area (Å²) in [5.74, 6) is -0.510. The van der Waals surface area contributed by atoms with Crippen LogP contribution in [0.1, 0.15) is 12.0 Å². The zero-order valence-electron chi connectivity index (χ0n) is 10.6. The van der Waals surface area contributed by atoms with Crippen molar-refractivity contribution in [1.82, 2.24) is 0 Å². The number of carbonyl (C=O) groups is 1. The first kappa shape index (κ1) is 13.9. The van der Waals surface area contributed by atoms with Crippen LogP contribution >= 0.6 is 0 Å². The van der Waals surface area contributed by atoms with Gasteiger partial charge in [-0.25, -0.2) is 4.39 Å². The van der Waals surface area contributed by atoms with Gasteiger partial charge in [0.25, 0.3) is 0 Å². The molecule has 5 heteroatoms. The molecule has 0 aliphatic carbocycles. The fraction of sp³-hybridized carbons (Fsp3) is 0.133. The molecule has 0 heterocycles. The van der Waals surface area contributed by atoms with Crippen LogP contribution in [0, 0.1) is 5.82 Å². The van der Waals surface area contributed by atoms with Crippen molar-refractivity contribution >= 4 is 11.7 Å². The Bertz CT molecular complexity index is 612. The van der Waals surface area contributed by atoms with Crippen LogP contribution in [-0.4, -0.2) is 5.97 Å². The smallest absolute Gasteiger partial charge is 0.311 e. The van der Waals surface area contributed by atoms with E-state index in [2.05, 4.69) is 5.11 Å². The number of benzene rings is 2. The van der Waals surface area contributed by atoms with Gasteiger partial charge >= 0.3 is 5.97 Å². The molecular weight excluding hydrogens is 259 g/mol. The van der Waals surface area contributed by atoms with E-state index in [0.717, 1.165) is 5.56 Å². The number of halogens is 1. The molecule has 0 aliphatic rings. The van der Waals surface area contributed by atoms with Gasteiger partial charge in [-0.3, -0.25) is 4.79 Å². The Morgan fingerprint density at radius 3 is 2.55 bits per heavy atom. The van der Waals surface area contributed by atoms with Crippen molar-refractivity contribution in [3.05, 3.63) is 65.4 Å². The molecule has 4 nitrogen and oxygen atoms in total. The lowest BCUT2D eigenvalue weighted by Gasteiger charge is -2.07. The fourth-order valence-corrected chi connectivity index (χ4v) is 1.74. The van der Waals surface area contributed by atoms with E-state index >= 15 is 0 Å². The average Bonchev–Trinajstić information content (AvgIpc) is 2.48. The molecule has 0 saturated carbocycles. The second-order valence-electron chi connectivity index (χ2n) is 4.16. The Kier molecular flexibility index (Phi) is 4.55. The first-order chi connectivity index (χ1) is 9.69. The van der Waals surface area contributed by atoms with Gasteiger partial charge in [-0.05, 0) is 42.3 Å². The lowest BCUT2D eigenvalue weighted by Crippen LogP contribution is -2.09. The van der Waals surface area contributed by atoms with Crippen molar-refractivity contribution in [2.45, 2.75) is 12.8 Å². The van der Waals surface area contributed by atoms with Crippen molar-refractivity contribution in [2.24, 2.45) is 5.11 Å². The summed E-state index contributed by atoms with van der Waals surface area (Å²) in [5, 5.41) is 3.15. The minimum Gasteiger partial charge on any atom is -0.706 e. The molecule has 20 heavy (non-hydrogen) atoms. The molecule has 0 radical (unpaired) electrons. The molecule has 0 bridgehead atoms. The summed E-state index contributed by atoms with van der Waals surface area (Å²) in [6, 6.07) is 12.2. The second kappa shape index (κ2) is 6.56. The SMILES string of the molecule is [N-]=Nc1ccccc1CCC(=O)Oc1ccc(F)cc1.